The van der Waals surface area contributed by atoms with Gasteiger partial charge in [-0.05, 0) is 30.4 Å². The standard InChI is InChI=1S/C17H25NO4S/c1-12-5-3-6-15(13(12)2)18-23(19,20)14-7-8-16-17(11-14)22-10-4-9-21-16/h7-8,11-13,15,18H,3-6,9-10H2,1-2H3. The first-order valence-electron chi connectivity index (χ1n) is 8.39. The van der Waals surface area contributed by atoms with Gasteiger partial charge in [0.05, 0.1) is 18.1 Å². The largest absolute Gasteiger partial charge is 0.490 e. The molecule has 1 aliphatic heterocycles. The van der Waals surface area contributed by atoms with E-state index in [1.54, 1.807) is 18.2 Å². The Balaban J connectivity index is 1.81. The second kappa shape index (κ2) is 6.69. The van der Waals surface area contributed by atoms with Gasteiger partial charge < -0.3 is 9.47 Å². The van der Waals surface area contributed by atoms with Crippen molar-refractivity contribution in [3.05, 3.63) is 18.2 Å². The van der Waals surface area contributed by atoms with Crippen LogP contribution in [-0.2, 0) is 10.0 Å². The normalized spacial score (nSPS) is 28.2. The van der Waals surface area contributed by atoms with Crippen LogP contribution in [0.1, 0.15) is 39.5 Å². The van der Waals surface area contributed by atoms with E-state index in [1.165, 1.54) is 6.42 Å². The second-order valence-corrected chi connectivity index (χ2v) is 8.37. The summed E-state index contributed by atoms with van der Waals surface area (Å²) in [5.74, 6) is 2.01. The van der Waals surface area contributed by atoms with Crippen LogP contribution in [0.15, 0.2) is 23.1 Å². The van der Waals surface area contributed by atoms with Gasteiger partial charge in [-0.2, -0.15) is 0 Å². The molecule has 0 radical (unpaired) electrons. The van der Waals surface area contributed by atoms with E-state index in [0.29, 0.717) is 36.5 Å². The zero-order chi connectivity index (χ0) is 16.4. The molecule has 3 atom stereocenters. The van der Waals surface area contributed by atoms with Gasteiger partial charge in [-0.3, -0.25) is 0 Å². The van der Waals surface area contributed by atoms with E-state index in [-0.39, 0.29) is 10.9 Å². The van der Waals surface area contributed by atoms with Gasteiger partial charge in [0, 0.05) is 18.5 Å². The van der Waals surface area contributed by atoms with Crippen molar-refractivity contribution >= 4 is 10.0 Å². The molecule has 6 heteroatoms. The average molecular weight is 339 g/mol. The van der Waals surface area contributed by atoms with E-state index in [9.17, 15) is 8.42 Å². The third-order valence-corrected chi connectivity index (χ3v) is 6.53. The lowest BCUT2D eigenvalue weighted by Gasteiger charge is -2.34. The Morgan fingerprint density at radius 2 is 1.78 bits per heavy atom. The van der Waals surface area contributed by atoms with Crippen molar-refractivity contribution in [2.75, 3.05) is 13.2 Å². The molecule has 128 valence electrons. The third-order valence-electron chi connectivity index (χ3n) is 5.04. The minimum absolute atomic E-state index is 0.000251. The van der Waals surface area contributed by atoms with Crippen LogP contribution in [0.2, 0.25) is 0 Å². The van der Waals surface area contributed by atoms with Crippen LogP contribution >= 0.6 is 0 Å². The second-order valence-electron chi connectivity index (χ2n) is 6.65. The molecule has 1 aromatic rings. The smallest absolute Gasteiger partial charge is 0.240 e. The molecule has 1 aromatic carbocycles. The van der Waals surface area contributed by atoms with E-state index >= 15 is 0 Å². The van der Waals surface area contributed by atoms with Crippen LogP contribution in [0.3, 0.4) is 0 Å². The van der Waals surface area contributed by atoms with Crippen molar-refractivity contribution in [1.82, 2.24) is 4.72 Å². The summed E-state index contributed by atoms with van der Waals surface area (Å²) in [7, 11) is -3.55. The molecule has 1 heterocycles. The number of ether oxygens (including phenoxy) is 2. The highest BCUT2D eigenvalue weighted by molar-refractivity contribution is 7.89. The van der Waals surface area contributed by atoms with E-state index in [4.69, 9.17) is 9.47 Å². The van der Waals surface area contributed by atoms with Crippen LogP contribution < -0.4 is 14.2 Å². The van der Waals surface area contributed by atoms with Gasteiger partial charge in [0.25, 0.3) is 0 Å². The highest BCUT2D eigenvalue weighted by Gasteiger charge is 2.31. The Kier molecular flexibility index (Phi) is 4.82. The molecule has 1 N–H and O–H groups in total. The maximum Gasteiger partial charge on any atom is 0.240 e. The molecule has 1 saturated carbocycles. The number of rotatable bonds is 3. The van der Waals surface area contributed by atoms with Gasteiger partial charge in [-0.1, -0.05) is 26.7 Å². The van der Waals surface area contributed by atoms with Crippen LogP contribution in [0.4, 0.5) is 0 Å². The molecule has 0 bridgehead atoms. The molecule has 0 amide bonds. The van der Waals surface area contributed by atoms with Gasteiger partial charge in [-0.25, -0.2) is 13.1 Å². The lowest BCUT2D eigenvalue weighted by molar-refractivity contribution is 0.227. The molecule has 0 aromatic heterocycles. The van der Waals surface area contributed by atoms with E-state index in [2.05, 4.69) is 18.6 Å². The van der Waals surface area contributed by atoms with Crippen molar-refractivity contribution in [3.8, 4) is 11.5 Å². The lowest BCUT2D eigenvalue weighted by Crippen LogP contribution is -2.43. The maximum absolute atomic E-state index is 12.7. The molecular weight excluding hydrogens is 314 g/mol. The average Bonchev–Trinajstić information content (AvgIpc) is 2.76. The predicted molar refractivity (Wildman–Crippen MR) is 88.3 cm³/mol. The number of hydrogen-bond acceptors (Lipinski definition) is 4. The lowest BCUT2D eigenvalue weighted by atomic mass is 9.78. The summed E-state index contributed by atoms with van der Waals surface area (Å²) in [6.45, 7) is 5.46. The number of benzene rings is 1. The molecule has 0 spiro atoms. The summed E-state index contributed by atoms with van der Waals surface area (Å²) in [4.78, 5) is 0.243. The van der Waals surface area contributed by atoms with Gasteiger partial charge >= 0.3 is 0 Å². The van der Waals surface area contributed by atoms with Gasteiger partial charge in [0.15, 0.2) is 11.5 Å². The summed E-state index contributed by atoms with van der Waals surface area (Å²) in [6.07, 6.45) is 3.94. The van der Waals surface area contributed by atoms with Crippen LogP contribution in [0.25, 0.3) is 0 Å². The molecule has 5 nitrogen and oxygen atoms in total. The molecule has 1 fully saturated rings. The number of sulfonamides is 1. The number of nitrogens with one attached hydrogen (secondary N) is 1. The first kappa shape index (κ1) is 16.6. The first-order valence-corrected chi connectivity index (χ1v) is 9.87. The molecule has 3 rings (SSSR count). The Morgan fingerprint density at radius 1 is 1.04 bits per heavy atom. The van der Waals surface area contributed by atoms with Crippen LogP contribution in [0, 0.1) is 11.8 Å². The van der Waals surface area contributed by atoms with E-state index < -0.39 is 10.0 Å². The summed E-state index contributed by atoms with van der Waals surface area (Å²) in [6, 6.07) is 4.84. The molecule has 0 saturated heterocycles. The van der Waals surface area contributed by atoms with Crippen molar-refractivity contribution in [3.63, 3.8) is 0 Å². The highest BCUT2D eigenvalue weighted by Crippen LogP contribution is 2.33. The summed E-state index contributed by atoms with van der Waals surface area (Å²) in [5, 5.41) is 0. The fourth-order valence-electron chi connectivity index (χ4n) is 3.33. The Labute approximate surface area is 138 Å². The SMILES string of the molecule is CC1CCCC(NS(=O)(=O)c2ccc3c(c2)OCCCO3)C1C. The summed E-state index contributed by atoms with van der Waals surface area (Å²) < 4.78 is 39.5. The first-order chi connectivity index (χ1) is 11.0. The Bertz CT molecular complexity index is 659. The predicted octanol–water partition coefficient (Wildman–Crippen LogP) is 2.95. The minimum atomic E-state index is -3.55. The number of hydrogen-bond donors (Lipinski definition) is 1. The van der Waals surface area contributed by atoms with Crippen molar-refractivity contribution in [2.24, 2.45) is 11.8 Å². The third kappa shape index (κ3) is 3.63. The fourth-order valence-corrected chi connectivity index (χ4v) is 4.70. The molecule has 2 aliphatic rings. The molecule has 3 unspecified atom stereocenters. The highest BCUT2D eigenvalue weighted by atomic mass is 32.2. The topological polar surface area (TPSA) is 64.6 Å². The summed E-state index contributed by atoms with van der Waals surface area (Å²) in [5.41, 5.74) is 0. The molecule has 23 heavy (non-hydrogen) atoms. The van der Waals surface area contributed by atoms with E-state index in [1.807, 2.05) is 0 Å². The monoisotopic (exact) mass is 339 g/mol. The Morgan fingerprint density at radius 3 is 2.57 bits per heavy atom. The minimum Gasteiger partial charge on any atom is -0.490 e. The van der Waals surface area contributed by atoms with Gasteiger partial charge in [0.2, 0.25) is 10.0 Å². The van der Waals surface area contributed by atoms with E-state index in [0.717, 1.165) is 19.3 Å². The zero-order valence-electron chi connectivity index (χ0n) is 13.7. The quantitative estimate of drug-likeness (QED) is 0.919. The zero-order valence-corrected chi connectivity index (χ0v) is 14.6. The van der Waals surface area contributed by atoms with Crippen molar-refractivity contribution in [1.29, 1.82) is 0 Å². The van der Waals surface area contributed by atoms with Crippen molar-refractivity contribution < 1.29 is 17.9 Å². The fraction of sp³-hybridized carbons (Fsp3) is 0.647. The maximum atomic E-state index is 12.7. The Hall–Kier alpha value is -1.27. The van der Waals surface area contributed by atoms with Crippen LogP contribution in [0.5, 0.6) is 11.5 Å². The molecular formula is C17H25NO4S. The van der Waals surface area contributed by atoms with Gasteiger partial charge in [0.1, 0.15) is 0 Å². The van der Waals surface area contributed by atoms with Crippen LogP contribution in [-0.4, -0.2) is 27.7 Å². The van der Waals surface area contributed by atoms with Crippen molar-refractivity contribution in [2.45, 2.75) is 50.5 Å². The summed E-state index contributed by atoms with van der Waals surface area (Å²) >= 11 is 0. The van der Waals surface area contributed by atoms with Gasteiger partial charge in [-0.15, -0.1) is 0 Å². The number of fused-ring (bicyclic) bond motifs is 1. The molecule has 1 aliphatic carbocycles.